The number of fused-ring (bicyclic) bond motifs is 1. The predicted molar refractivity (Wildman–Crippen MR) is 157 cm³/mol. The van der Waals surface area contributed by atoms with Crippen molar-refractivity contribution in [1.29, 1.82) is 0 Å². The van der Waals surface area contributed by atoms with Crippen LogP contribution in [-0.4, -0.2) is 30.4 Å². The largest absolute Gasteiger partial charge is 0.465 e. The summed E-state index contributed by atoms with van der Waals surface area (Å²) in [4.78, 5) is 27.7. The maximum atomic E-state index is 13.5. The lowest BCUT2D eigenvalue weighted by molar-refractivity contribution is -0.122. The number of carbonyl (C=O) groups excluding carboxylic acids is 2. The third-order valence-electron chi connectivity index (χ3n) is 8.31. The van der Waals surface area contributed by atoms with Crippen molar-refractivity contribution in [2.24, 2.45) is 5.92 Å². The van der Waals surface area contributed by atoms with Crippen LogP contribution in [0.2, 0.25) is 0 Å². The maximum Gasteiger partial charge on any atom is 0.337 e. The molecular formula is C35H33FN2O3. The van der Waals surface area contributed by atoms with Gasteiger partial charge in [0, 0.05) is 32.1 Å². The molecule has 1 N–H and O–H groups in total. The summed E-state index contributed by atoms with van der Waals surface area (Å²) in [7, 11) is 1.39. The Labute approximate surface area is 240 Å². The molecule has 4 aromatic rings. The minimum absolute atomic E-state index is 0.0172. The summed E-state index contributed by atoms with van der Waals surface area (Å²) in [5, 5.41) is 3.21. The van der Waals surface area contributed by atoms with E-state index in [1.54, 1.807) is 6.07 Å². The highest BCUT2D eigenvalue weighted by molar-refractivity contribution is 5.91. The lowest BCUT2D eigenvalue weighted by Gasteiger charge is -2.32. The zero-order chi connectivity index (χ0) is 28.3. The van der Waals surface area contributed by atoms with Crippen molar-refractivity contribution in [2.45, 2.75) is 38.4 Å². The highest BCUT2D eigenvalue weighted by Gasteiger charge is 2.43. The Morgan fingerprint density at radius 2 is 1.76 bits per heavy atom. The van der Waals surface area contributed by atoms with Crippen LogP contribution in [0.4, 0.5) is 4.39 Å². The number of esters is 1. The molecule has 5 nitrogen and oxygen atoms in total. The van der Waals surface area contributed by atoms with Crippen molar-refractivity contribution in [3.8, 4) is 11.1 Å². The molecule has 1 heterocycles. The Balaban J connectivity index is 1.25. The fourth-order valence-corrected chi connectivity index (χ4v) is 6.01. The quantitative estimate of drug-likeness (QED) is 0.264. The van der Waals surface area contributed by atoms with E-state index in [0.717, 1.165) is 48.2 Å². The standard InChI is InChI=1S/C35H33FN2O3/c1-41-35(40)26-9-5-8-25(18-26)29-15-12-27(20-37-34(39)32-19-31(32)24-6-3-2-4-7-24)33-22-38(17-16-30(29)33)21-23-10-13-28(36)14-11-23/h2-15,18,31-32H,16-17,19-22H2,1H3,(H,37,39). The molecule has 0 aromatic heterocycles. The van der Waals surface area contributed by atoms with E-state index in [0.29, 0.717) is 24.6 Å². The van der Waals surface area contributed by atoms with Crippen molar-refractivity contribution in [3.63, 3.8) is 0 Å². The third-order valence-corrected chi connectivity index (χ3v) is 8.31. The van der Waals surface area contributed by atoms with Gasteiger partial charge in [-0.25, -0.2) is 9.18 Å². The van der Waals surface area contributed by atoms with E-state index in [1.165, 1.54) is 35.9 Å². The van der Waals surface area contributed by atoms with Crippen LogP contribution < -0.4 is 5.32 Å². The number of nitrogens with one attached hydrogen (secondary N) is 1. The van der Waals surface area contributed by atoms with Crippen molar-refractivity contribution < 1.29 is 18.7 Å². The Bertz CT molecular complexity index is 1570. The van der Waals surface area contributed by atoms with Crippen LogP contribution in [0.3, 0.4) is 0 Å². The van der Waals surface area contributed by atoms with Crippen LogP contribution in [0.25, 0.3) is 11.1 Å². The summed E-state index contributed by atoms with van der Waals surface area (Å²) in [6, 6.07) is 28.6. The minimum Gasteiger partial charge on any atom is -0.465 e. The van der Waals surface area contributed by atoms with Gasteiger partial charge in [-0.3, -0.25) is 9.69 Å². The first-order valence-corrected chi connectivity index (χ1v) is 14.1. The van der Waals surface area contributed by atoms with E-state index in [1.807, 2.05) is 48.5 Å². The van der Waals surface area contributed by atoms with E-state index < -0.39 is 0 Å². The number of methoxy groups -OCH3 is 1. The van der Waals surface area contributed by atoms with Gasteiger partial charge >= 0.3 is 5.97 Å². The summed E-state index contributed by atoms with van der Waals surface area (Å²) in [6.07, 6.45) is 1.71. The van der Waals surface area contributed by atoms with E-state index >= 15 is 0 Å². The number of hydrogen-bond donors (Lipinski definition) is 1. The number of halogens is 1. The molecule has 0 spiro atoms. The summed E-state index contributed by atoms with van der Waals surface area (Å²) in [5.41, 5.74) is 8.40. The Morgan fingerprint density at radius 1 is 0.951 bits per heavy atom. The van der Waals surface area contributed by atoms with Gasteiger partial charge in [0.05, 0.1) is 12.7 Å². The molecule has 1 saturated carbocycles. The van der Waals surface area contributed by atoms with Gasteiger partial charge in [0.2, 0.25) is 5.91 Å². The van der Waals surface area contributed by atoms with Crippen LogP contribution in [-0.2, 0) is 35.6 Å². The number of carbonyl (C=O) groups is 2. The predicted octanol–water partition coefficient (Wildman–Crippen LogP) is 6.26. The lowest BCUT2D eigenvalue weighted by atomic mass is 9.87. The van der Waals surface area contributed by atoms with Gasteiger partial charge < -0.3 is 10.1 Å². The van der Waals surface area contributed by atoms with Crippen LogP contribution in [0.15, 0.2) is 91.0 Å². The van der Waals surface area contributed by atoms with E-state index in [-0.39, 0.29) is 23.6 Å². The number of nitrogens with zero attached hydrogens (tertiary/aromatic N) is 1. The Morgan fingerprint density at radius 3 is 2.54 bits per heavy atom. The first-order chi connectivity index (χ1) is 20.0. The molecule has 2 aliphatic rings. The van der Waals surface area contributed by atoms with Gasteiger partial charge in [0.1, 0.15) is 5.82 Å². The lowest BCUT2D eigenvalue weighted by Crippen LogP contribution is -2.32. The molecule has 0 bridgehead atoms. The second-order valence-corrected chi connectivity index (χ2v) is 11.0. The van der Waals surface area contributed by atoms with Crippen molar-refractivity contribution in [1.82, 2.24) is 10.2 Å². The zero-order valence-corrected chi connectivity index (χ0v) is 23.1. The SMILES string of the molecule is COC(=O)c1cccc(-c2ccc(CNC(=O)C3CC3c3ccccc3)c3c2CCN(Cc2ccc(F)cc2)C3)c1. The van der Waals surface area contributed by atoms with Crippen molar-refractivity contribution >= 4 is 11.9 Å². The monoisotopic (exact) mass is 548 g/mol. The Kier molecular flexibility index (Phi) is 7.66. The second kappa shape index (κ2) is 11.7. The van der Waals surface area contributed by atoms with Crippen molar-refractivity contribution in [2.75, 3.05) is 13.7 Å². The van der Waals surface area contributed by atoms with E-state index in [2.05, 4.69) is 34.5 Å². The van der Waals surface area contributed by atoms with Gasteiger partial charge in [-0.15, -0.1) is 0 Å². The van der Waals surface area contributed by atoms with Crippen LogP contribution in [0, 0.1) is 11.7 Å². The van der Waals surface area contributed by atoms with Gasteiger partial charge in [0.15, 0.2) is 0 Å². The summed E-state index contributed by atoms with van der Waals surface area (Å²) >= 11 is 0. The first kappa shape index (κ1) is 26.9. The molecule has 1 aliphatic carbocycles. The molecule has 0 radical (unpaired) electrons. The normalized spacial score (nSPS) is 17.9. The van der Waals surface area contributed by atoms with E-state index in [4.69, 9.17) is 4.74 Å². The van der Waals surface area contributed by atoms with Gasteiger partial charge in [-0.2, -0.15) is 0 Å². The number of rotatable bonds is 8. The zero-order valence-electron chi connectivity index (χ0n) is 23.1. The summed E-state index contributed by atoms with van der Waals surface area (Å²) in [5.74, 6) is -0.190. The number of ether oxygens (including phenoxy) is 1. The molecule has 2 atom stereocenters. The molecule has 208 valence electrons. The fraction of sp³-hybridized carbons (Fsp3) is 0.257. The number of amides is 1. The molecule has 4 aromatic carbocycles. The molecular weight excluding hydrogens is 515 g/mol. The minimum atomic E-state index is -0.362. The molecule has 6 heteroatoms. The first-order valence-electron chi connectivity index (χ1n) is 14.1. The van der Waals surface area contributed by atoms with Crippen molar-refractivity contribution in [3.05, 3.63) is 130 Å². The van der Waals surface area contributed by atoms with Gasteiger partial charge in [0.25, 0.3) is 0 Å². The molecule has 6 rings (SSSR count). The molecule has 1 aliphatic heterocycles. The Hall–Kier alpha value is -4.29. The smallest absolute Gasteiger partial charge is 0.337 e. The average Bonchev–Trinajstić information content (AvgIpc) is 3.82. The second-order valence-electron chi connectivity index (χ2n) is 11.0. The topological polar surface area (TPSA) is 58.6 Å². The number of hydrogen-bond acceptors (Lipinski definition) is 4. The third kappa shape index (κ3) is 5.93. The van der Waals surface area contributed by atoms with Crippen LogP contribution in [0.1, 0.15) is 50.5 Å². The van der Waals surface area contributed by atoms with Gasteiger partial charge in [-0.1, -0.05) is 66.7 Å². The van der Waals surface area contributed by atoms with Crippen LogP contribution >= 0.6 is 0 Å². The molecule has 2 unspecified atom stereocenters. The van der Waals surface area contributed by atoms with Gasteiger partial charge in [-0.05, 0) is 82.0 Å². The highest BCUT2D eigenvalue weighted by Crippen LogP contribution is 2.47. The average molecular weight is 549 g/mol. The number of benzene rings is 4. The summed E-state index contributed by atoms with van der Waals surface area (Å²) in [6.45, 7) is 2.75. The maximum absolute atomic E-state index is 13.5. The highest BCUT2D eigenvalue weighted by atomic mass is 19.1. The van der Waals surface area contributed by atoms with Crippen LogP contribution in [0.5, 0.6) is 0 Å². The van der Waals surface area contributed by atoms with E-state index in [9.17, 15) is 14.0 Å². The molecule has 41 heavy (non-hydrogen) atoms. The molecule has 0 saturated heterocycles. The molecule has 1 amide bonds. The fourth-order valence-electron chi connectivity index (χ4n) is 6.01. The molecule has 1 fully saturated rings. The summed E-state index contributed by atoms with van der Waals surface area (Å²) < 4.78 is 18.4.